The number of thioether (sulfide) groups is 1. The van der Waals surface area contributed by atoms with Crippen molar-refractivity contribution in [2.75, 3.05) is 74.0 Å². The van der Waals surface area contributed by atoms with Crippen LogP contribution in [0, 0.1) is 41.4 Å². The summed E-state index contributed by atoms with van der Waals surface area (Å²) in [5.41, 5.74) is 0. The molecule has 1 heterocycles. The number of hydrogen-bond acceptors (Lipinski definition) is 15. The predicted octanol–water partition coefficient (Wildman–Crippen LogP) is 5.04. The number of likely N-dealkylation sites (N-methyl/N-ethyl adjacent to an activating group) is 7. The van der Waals surface area contributed by atoms with Crippen molar-refractivity contribution in [1.29, 1.82) is 0 Å². The van der Waals surface area contributed by atoms with E-state index in [9.17, 15) is 39.0 Å². The van der Waals surface area contributed by atoms with Gasteiger partial charge >= 0.3 is 0 Å². The van der Waals surface area contributed by atoms with Crippen LogP contribution in [-0.4, -0.2) is 262 Å². The SMILES string of the molecule is CC[C@@H]1NC(=O)[C@H]([C@H](O)[C@H](C)CCCCCCCCNC(C)=O)N(C)C(=O)[C@H](C(C)C)N(C)C(=O)[C@H](CC(C)C)N(C)C(=O)[C@H](CC(C)C)N(C)C(=O)[C@H](C)NC(=O)[C@@H](C)NC(=O)[C@@H](CC(C)C)N(C)C(=O)[C@@H](C(C)C)NC(=O)[C@H](CC(C)C)N(C)C(=O)[C@@H](CSCCCCO)N(C)C1=O. The number of carbonyl (C=O) groups is 12. The molecule has 100 heavy (non-hydrogen) atoms. The molecule has 0 aliphatic carbocycles. The molecule has 12 amide bonds. The normalized spacial score (nSPS) is 25.3. The summed E-state index contributed by atoms with van der Waals surface area (Å²) in [4.78, 5) is 185. The number of carbonyl (C=O) groups excluding carboxylic acids is 12. The number of aliphatic hydroxyl groups excluding tert-OH is 2. The monoisotopic (exact) mass is 1430 g/mol. The molecule has 13 atom stereocenters. The zero-order valence-corrected chi connectivity index (χ0v) is 66.3. The van der Waals surface area contributed by atoms with E-state index in [0.717, 1.165) is 37.0 Å². The largest absolute Gasteiger partial charge is 0.396 e. The lowest BCUT2D eigenvalue weighted by Crippen LogP contribution is -2.64. The fourth-order valence-electron chi connectivity index (χ4n) is 12.7. The summed E-state index contributed by atoms with van der Waals surface area (Å²) in [7, 11) is 10.1. The van der Waals surface area contributed by atoms with E-state index >= 15 is 28.8 Å². The van der Waals surface area contributed by atoms with Gasteiger partial charge in [0, 0.05) is 75.2 Å². The first-order valence-corrected chi connectivity index (χ1v) is 37.9. The van der Waals surface area contributed by atoms with Crippen molar-refractivity contribution in [2.45, 2.75) is 280 Å². The summed E-state index contributed by atoms with van der Waals surface area (Å²) in [5.74, 6) is -9.55. The zero-order chi connectivity index (χ0) is 76.9. The van der Waals surface area contributed by atoms with Gasteiger partial charge in [0.2, 0.25) is 70.9 Å². The van der Waals surface area contributed by atoms with E-state index < -0.39 is 155 Å². The molecule has 576 valence electrons. The minimum absolute atomic E-state index is 0.0162. The van der Waals surface area contributed by atoms with Gasteiger partial charge in [-0.05, 0) is 119 Å². The smallest absolute Gasteiger partial charge is 0.246 e. The van der Waals surface area contributed by atoms with Crippen molar-refractivity contribution in [1.82, 2.24) is 60.9 Å². The standard InChI is InChI=1S/C73H134N12O14S/c1-25-53-68(94)83(22)58(42-100-37-33-32-36-86)71(97)79(18)55(39-44(4)5)65(91)78-59(47(10)11)72(98)80(19)54(38-43(2)3)64(90)75-50(15)63(89)76-51(16)67(93)81(20)56(40-45(6)7)69(95)82(21)57(41-46(8)9)70(96)84(23)60(48(12)13)73(99)85(24)61(66(92)77-53)62(88)49(14)34-30-28-26-27-29-31-35-74-52(17)87/h43-51,53-62,86,88H,25-42H2,1-24H3,(H,74,87)(H,75,90)(H,76,89)(H,77,92)(H,78,91)/t49-,50-,51+,53+,54-,55+,56+,57+,58-,59-,60+,61+,62-/m1/s1. The third-order valence-corrected chi connectivity index (χ3v) is 20.2. The van der Waals surface area contributed by atoms with Crippen LogP contribution < -0.4 is 26.6 Å². The zero-order valence-electron chi connectivity index (χ0n) is 65.5. The number of nitrogens with zero attached hydrogens (tertiary/aromatic N) is 7. The Kier molecular flexibility index (Phi) is 41.5. The van der Waals surface area contributed by atoms with Gasteiger partial charge in [-0.1, -0.05) is 129 Å². The second kappa shape index (κ2) is 45.1. The van der Waals surface area contributed by atoms with Gasteiger partial charge in [-0.25, -0.2) is 0 Å². The van der Waals surface area contributed by atoms with Crippen molar-refractivity contribution in [3.05, 3.63) is 0 Å². The minimum Gasteiger partial charge on any atom is -0.396 e. The van der Waals surface area contributed by atoms with E-state index in [1.807, 2.05) is 55.4 Å². The number of rotatable bonds is 28. The number of unbranched alkanes of at least 4 members (excludes halogenated alkanes) is 6. The Labute approximate surface area is 604 Å². The van der Waals surface area contributed by atoms with Crippen molar-refractivity contribution in [3.63, 3.8) is 0 Å². The highest BCUT2D eigenvalue weighted by molar-refractivity contribution is 7.99. The van der Waals surface area contributed by atoms with E-state index in [1.165, 1.54) is 111 Å². The molecule has 0 saturated carbocycles. The summed E-state index contributed by atoms with van der Waals surface area (Å²) in [5, 5.41) is 36.2. The molecule has 1 rings (SSSR count). The van der Waals surface area contributed by atoms with Crippen molar-refractivity contribution >= 4 is 82.6 Å². The lowest BCUT2D eigenvalue weighted by molar-refractivity contribution is -0.157. The first-order valence-electron chi connectivity index (χ1n) is 36.7. The van der Waals surface area contributed by atoms with Crippen molar-refractivity contribution in [3.8, 4) is 0 Å². The predicted molar refractivity (Wildman–Crippen MR) is 393 cm³/mol. The van der Waals surface area contributed by atoms with E-state index in [-0.39, 0.29) is 74.0 Å². The fourth-order valence-corrected chi connectivity index (χ4v) is 13.9. The van der Waals surface area contributed by atoms with Gasteiger partial charge in [0.25, 0.3) is 0 Å². The van der Waals surface area contributed by atoms with Crippen molar-refractivity contribution in [2.24, 2.45) is 41.4 Å². The Hall–Kier alpha value is -6.09. The lowest BCUT2D eigenvalue weighted by atomic mass is 9.90. The van der Waals surface area contributed by atoms with Gasteiger partial charge in [0.1, 0.15) is 66.5 Å². The highest BCUT2D eigenvalue weighted by Gasteiger charge is 2.46. The first-order chi connectivity index (χ1) is 46.5. The third kappa shape index (κ3) is 28.6. The minimum atomic E-state index is -1.65. The second-order valence-corrected chi connectivity index (χ2v) is 31.6. The van der Waals surface area contributed by atoms with Gasteiger partial charge in [0.05, 0.1) is 6.10 Å². The van der Waals surface area contributed by atoms with Crippen LogP contribution in [0.15, 0.2) is 0 Å². The van der Waals surface area contributed by atoms with Gasteiger partial charge in [-0.3, -0.25) is 57.5 Å². The molecule has 1 aliphatic rings. The first kappa shape index (κ1) is 91.9. The number of aliphatic hydroxyl groups is 2. The molecule has 0 unspecified atom stereocenters. The third-order valence-electron chi connectivity index (χ3n) is 19.1. The van der Waals surface area contributed by atoms with E-state index in [0.29, 0.717) is 38.0 Å². The number of nitrogens with one attached hydrogen (secondary N) is 5. The molecular weight excluding hydrogens is 1300 g/mol. The van der Waals surface area contributed by atoms with Crippen LogP contribution in [0.3, 0.4) is 0 Å². The van der Waals surface area contributed by atoms with Crippen LogP contribution in [-0.2, 0) is 57.5 Å². The highest BCUT2D eigenvalue weighted by Crippen LogP contribution is 2.27. The summed E-state index contributed by atoms with van der Waals surface area (Å²) < 4.78 is 0. The molecule has 27 heteroatoms. The molecule has 1 aliphatic heterocycles. The number of amides is 12. The second-order valence-electron chi connectivity index (χ2n) is 30.4. The topological polar surface area (TPSA) is 328 Å². The van der Waals surface area contributed by atoms with Crippen LogP contribution in [0.5, 0.6) is 0 Å². The molecule has 0 spiro atoms. The summed E-state index contributed by atoms with van der Waals surface area (Å²) in [6, 6.07) is -14.0. The van der Waals surface area contributed by atoms with Crippen molar-refractivity contribution < 1.29 is 67.7 Å². The van der Waals surface area contributed by atoms with Crippen LogP contribution >= 0.6 is 11.8 Å². The molecule has 0 aromatic rings. The molecule has 1 fully saturated rings. The quantitative estimate of drug-likeness (QED) is 0.0505. The summed E-state index contributed by atoms with van der Waals surface area (Å²) >= 11 is 1.35. The van der Waals surface area contributed by atoms with E-state index in [4.69, 9.17) is 0 Å². The molecule has 0 aromatic carbocycles. The summed E-state index contributed by atoms with van der Waals surface area (Å²) in [6.07, 6.45) is 5.49. The maximum Gasteiger partial charge on any atom is 0.246 e. The lowest BCUT2D eigenvalue weighted by Gasteiger charge is -2.41. The number of hydrogen-bond donors (Lipinski definition) is 7. The Balaban J connectivity index is 4.50. The molecular formula is C73H134N12O14S. The molecule has 7 N–H and O–H groups in total. The maximum atomic E-state index is 15.5. The van der Waals surface area contributed by atoms with Crippen LogP contribution in [0.4, 0.5) is 0 Å². The van der Waals surface area contributed by atoms with Gasteiger partial charge in [-0.15, -0.1) is 0 Å². The van der Waals surface area contributed by atoms with Crippen LogP contribution in [0.25, 0.3) is 0 Å². The van der Waals surface area contributed by atoms with Gasteiger partial charge in [0.15, 0.2) is 0 Å². The molecule has 0 radical (unpaired) electrons. The average Bonchev–Trinajstić information content (AvgIpc) is 0.808. The van der Waals surface area contributed by atoms with Gasteiger partial charge < -0.3 is 71.1 Å². The Morgan fingerprint density at radius 2 is 0.870 bits per heavy atom. The van der Waals surface area contributed by atoms with Gasteiger partial charge in [-0.2, -0.15) is 11.8 Å². The average molecular weight is 1440 g/mol. The summed E-state index contributed by atoms with van der Waals surface area (Å²) in [6.45, 7) is 30.2. The van der Waals surface area contributed by atoms with Crippen LogP contribution in [0.2, 0.25) is 0 Å². The molecule has 0 bridgehead atoms. The van der Waals surface area contributed by atoms with E-state index in [1.54, 1.807) is 41.5 Å². The molecule has 1 saturated heterocycles. The Bertz CT molecular complexity index is 2650. The molecule has 26 nitrogen and oxygen atoms in total. The molecule has 0 aromatic heterocycles. The fraction of sp³-hybridized carbons (Fsp3) is 0.836. The Morgan fingerprint density at radius 1 is 0.450 bits per heavy atom. The Morgan fingerprint density at radius 3 is 1.35 bits per heavy atom. The maximum absolute atomic E-state index is 15.5. The highest BCUT2D eigenvalue weighted by atomic mass is 32.2. The van der Waals surface area contributed by atoms with E-state index in [2.05, 4.69) is 26.6 Å². The van der Waals surface area contributed by atoms with Crippen LogP contribution in [0.1, 0.15) is 208 Å².